The van der Waals surface area contributed by atoms with Crippen LogP contribution in [0.15, 0.2) is 18.2 Å². The third-order valence-electron chi connectivity index (χ3n) is 2.68. The first-order valence-corrected chi connectivity index (χ1v) is 5.49. The fourth-order valence-corrected chi connectivity index (χ4v) is 1.74. The second kappa shape index (κ2) is 4.87. The van der Waals surface area contributed by atoms with Gasteiger partial charge in [0, 0.05) is 24.2 Å². The van der Waals surface area contributed by atoms with E-state index in [1.165, 1.54) is 6.07 Å². The van der Waals surface area contributed by atoms with Gasteiger partial charge in [-0.15, -0.1) is 0 Å². The van der Waals surface area contributed by atoms with Gasteiger partial charge in [0.15, 0.2) is 0 Å². The number of hydrogen-bond donors (Lipinski definition) is 3. The predicted molar refractivity (Wildman–Crippen MR) is 62.2 cm³/mol. The van der Waals surface area contributed by atoms with Crippen LogP contribution in [0.25, 0.3) is 0 Å². The first-order chi connectivity index (χ1) is 8.58. The van der Waals surface area contributed by atoms with Crippen LogP contribution in [0.4, 0.5) is 0 Å². The lowest BCUT2D eigenvalue weighted by Gasteiger charge is -2.04. The quantitative estimate of drug-likeness (QED) is 0.706. The molecule has 0 unspecified atom stereocenters. The number of carboxylic acids is 1. The molecular weight excluding hydrogens is 236 g/mol. The average molecular weight is 248 g/mol. The Bertz CT molecular complexity index is 525. The molecule has 0 saturated heterocycles. The van der Waals surface area contributed by atoms with Crippen LogP contribution < -0.4 is 10.6 Å². The molecule has 0 spiro atoms. The molecule has 0 atom stereocenters. The Morgan fingerprint density at radius 2 is 2.17 bits per heavy atom. The van der Waals surface area contributed by atoms with Crippen LogP contribution in [-0.4, -0.2) is 29.4 Å². The second-order valence-corrected chi connectivity index (χ2v) is 3.95. The molecule has 1 aromatic rings. The molecule has 6 heteroatoms. The monoisotopic (exact) mass is 248 g/mol. The zero-order chi connectivity index (χ0) is 13.1. The van der Waals surface area contributed by atoms with E-state index in [4.69, 9.17) is 5.11 Å². The number of nitrogens with one attached hydrogen (secondary N) is 2. The maximum absolute atomic E-state index is 11.7. The highest BCUT2D eigenvalue weighted by molar-refractivity contribution is 6.02. The minimum Gasteiger partial charge on any atom is -0.481 e. The summed E-state index contributed by atoms with van der Waals surface area (Å²) < 4.78 is 0. The predicted octanol–water partition coefficient (Wildman–Crippen LogP) is 0.135. The Labute approximate surface area is 103 Å². The van der Waals surface area contributed by atoms with Crippen molar-refractivity contribution in [3.8, 4) is 0 Å². The third-order valence-corrected chi connectivity index (χ3v) is 2.68. The van der Waals surface area contributed by atoms with Gasteiger partial charge in [-0.1, -0.05) is 6.07 Å². The van der Waals surface area contributed by atoms with Crippen LogP contribution in [0.1, 0.15) is 32.7 Å². The first kappa shape index (κ1) is 12.1. The van der Waals surface area contributed by atoms with Gasteiger partial charge in [-0.3, -0.25) is 14.4 Å². The van der Waals surface area contributed by atoms with Gasteiger partial charge in [-0.2, -0.15) is 0 Å². The molecule has 0 radical (unpaired) electrons. The van der Waals surface area contributed by atoms with Gasteiger partial charge >= 0.3 is 5.97 Å². The summed E-state index contributed by atoms with van der Waals surface area (Å²) in [4.78, 5) is 33.4. The van der Waals surface area contributed by atoms with Crippen molar-refractivity contribution < 1.29 is 19.5 Å². The Hall–Kier alpha value is -2.37. The Kier molecular flexibility index (Phi) is 3.27. The van der Waals surface area contributed by atoms with Crippen LogP contribution in [0.5, 0.6) is 0 Å². The minimum atomic E-state index is -0.969. The summed E-state index contributed by atoms with van der Waals surface area (Å²) in [5.41, 5.74) is 1.72. The minimum absolute atomic E-state index is 0.0669. The highest BCUT2D eigenvalue weighted by Crippen LogP contribution is 2.17. The molecule has 2 rings (SSSR count). The molecular formula is C12H12N2O4. The summed E-state index contributed by atoms with van der Waals surface area (Å²) in [5, 5.41) is 13.6. The molecule has 1 aliphatic heterocycles. The van der Waals surface area contributed by atoms with Gasteiger partial charge < -0.3 is 15.7 Å². The van der Waals surface area contributed by atoms with Crippen LogP contribution in [0.2, 0.25) is 0 Å². The van der Waals surface area contributed by atoms with Crippen molar-refractivity contribution in [2.75, 3.05) is 6.54 Å². The van der Waals surface area contributed by atoms with Gasteiger partial charge in [0.25, 0.3) is 11.8 Å². The van der Waals surface area contributed by atoms with Crippen molar-refractivity contribution in [1.82, 2.24) is 10.6 Å². The van der Waals surface area contributed by atoms with Crippen LogP contribution in [0, 0.1) is 0 Å². The summed E-state index contributed by atoms with van der Waals surface area (Å²) in [6, 6.07) is 4.86. The van der Waals surface area contributed by atoms with Crippen molar-refractivity contribution in [3.63, 3.8) is 0 Å². The summed E-state index contributed by atoms with van der Waals surface area (Å²) >= 11 is 0. The summed E-state index contributed by atoms with van der Waals surface area (Å²) in [6.45, 7) is 0.548. The van der Waals surface area contributed by atoms with Crippen LogP contribution in [0.3, 0.4) is 0 Å². The van der Waals surface area contributed by atoms with Gasteiger partial charge in [0.05, 0.1) is 6.42 Å². The molecule has 0 aromatic heterocycles. The van der Waals surface area contributed by atoms with E-state index in [0.29, 0.717) is 17.7 Å². The highest BCUT2D eigenvalue weighted by Gasteiger charge is 2.20. The molecule has 1 heterocycles. The van der Waals surface area contributed by atoms with Crippen molar-refractivity contribution in [2.24, 2.45) is 0 Å². The lowest BCUT2D eigenvalue weighted by Crippen LogP contribution is -2.26. The van der Waals surface area contributed by atoms with E-state index >= 15 is 0 Å². The zero-order valence-corrected chi connectivity index (χ0v) is 9.53. The van der Waals surface area contributed by atoms with E-state index < -0.39 is 5.97 Å². The Morgan fingerprint density at radius 3 is 2.89 bits per heavy atom. The van der Waals surface area contributed by atoms with Crippen molar-refractivity contribution >= 4 is 17.8 Å². The van der Waals surface area contributed by atoms with Gasteiger partial charge in [-0.25, -0.2) is 0 Å². The fourth-order valence-electron chi connectivity index (χ4n) is 1.74. The van der Waals surface area contributed by atoms with Crippen LogP contribution in [-0.2, 0) is 11.3 Å². The van der Waals surface area contributed by atoms with Gasteiger partial charge in [-0.05, 0) is 17.7 Å². The molecule has 0 bridgehead atoms. The third kappa shape index (κ3) is 2.48. The molecule has 1 aliphatic rings. The number of carboxylic acid groups (broad SMARTS) is 1. The van der Waals surface area contributed by atoms with Crippen LogP contribution >= 0.6 is 0 Å². The number of carbonyl (C=O) groups is 3. The lowest BCUT2D eigenvalue weighted by molar-refractivity contribution is -0.136. The van der Waals surface area contributed by atoms with E-state index in [0.717, 1.165) is 5.56 Å². The first-order valence-electron chi connectivity index (χ1n) is 5.49. The van der Waals surface area contributed by atoms with Crippen molar-refractivity contribution in [2.45, 2.75) is 13.0 Å². The summed E-state index contributed by atoms with van der Waals surface area (Å²) in [5.74, 6) is -1.53. The number of carbonyl (C=O) groups excluding carboxylic acids is 2. The highest BCUT2D eigenvalue weighted by atomic mass is 16.4. The summed E-state index contributed by atoms with van der Waals surface area (Å²) in [7, 11) is 0. The molecule has 6 nitrogen and oxygen atoms in total. The standard InChI is InChI=1S/C12H12N2O4/c15-10(16)3-4-13-11(17)7-1-2-8-6-14-12(18)9(8)5-7/h1-2,5H,3-4,6H2,(H,13,17)(H,14,18)(H,15,16). The largest absolute Gasteiger partial charge is 0.481 e. The smallest absolute Gasteiger partial charge is 0.305 e. The molecule has 3 N–H and O–H groups in total. The number of amides is 2. The molecule has 0 aliphatic carbocycles. The van der Waals surface area contributed by atoms with Crippen molar-refractivity contribution in [1.29, 1.82) is 0 Å². The number of hydrogen-bond acceptors (Lipinski definition) is 3. The normalized spacial score (nSPS) is 12.8. The van der Waals surface area contributed by atoms with E-state index in [1.807, 2.05) is 0 Å². The molecule has 0 saturated carbocycles. The second-order valence-electron chi connectivity index (χ2n) is 3.95. The number of rotatable bonds is 4. The van der Waals surface area contributed by atoms with E-state index in [9.17, 15) is 14.4 Å². The van der Waals surface area contributed by atoms with E-state index in [2.05, 4.69) is 10.6 Å². The fraction of sp³-hybridized carbons (Fsp3) is 0.250. The average Bonchev–Trinajstić information content (AvgIpc) is 2.70. The molecule has 0 fully saturated rings. The van der Waals surface area contributed by atoms with E-state index in [1.54, 1.807) is 12.1 Å². The topological polar surface area (TPSA) is 95.5 Å². The number of aliphatic carboxylic acids is 1. The lowest BCUT2D eigenvalue weighted by atomic mass is 10.1. The number of fused-ring (bicyclic) bond motifs is 1. The molecule has 94 valence electrons. The Balaban J connectivity index is 2.05. The maximum Gasteiger partial charge on any atom is 0.305 e. The van der Waals surface area contributed by atoms with Gasteiger partial charge in [0.2, 0.25) is 0 Å². The molecule has 1 aromatic carbocycles. The maximum atomic E-state index is 11.7. The zero-order valence-electron chi connectivity index (χ0n) is 9.53. The summed E-state index contributed by atoms with van der Waals surface area (Å²) in [6.07, 6.45) is -0.128. The van der Waals surface area contributed by atoms with E-state index in [-0.39, 0.29) is 24.8 Å². The number of benzene rings is 1. The molecule has 18 heavy (non-hydrogen) atoms. The van der Waals surface area contributed by atoms with Crippen molar-refractivity contribution in [3.05, 3.63) is 34.9 Å². The SMILES string of the molecule is O=C(O)CCNC(=O)c1ccc2c(c1)C(=O)NC2. The molecule has 2 amide bonds. The Morgan fingerprint density at radius 1 is 1.39 bits per heavy atom. The van der Waals surface area contributed by atoms with Gasteiger partial charge in [0.1, 0.15) is 0 Å².